The fourth-order valence-electron chi connectivity index (χ4n) is 2.69. The lowest BCUT2D eigenvalue weighted by Gasteiger charge is -2.09. The van der Waals surface area contributed by atoms with Crippen molar-refractivity contribution >= 4 is 23.2 Å². The minimum absolute atomic E-state index is 0.155. The second-order valence-corrected chi connectivity index (χ2v) is 6.08. The SMILES string of the molecule is CCOC(=O)c1c[nH]n2c(=O)c(Cc3ccc(Cl)cc3)c(COC)nc12. The third kappa shape index (κ3) is 3.49. The van der Waals surface area contributed by atoms with E-state index in [4.69, 9.17) is 21.1 Å². The molecular weight excluding hydrogens is 358 g/mol. The third-order valence-electron chi connectivity index (χ3n) is 3.91. The van der Waals surface area contributed by atoms with E-state index in [1.807, 2.05) is 12.1 Å². The van der Waals surface area contributed by atoms with E-state index in [0.29, 0.717) is 22.7 Å². The zero-order valence-corrected chi connectivity index (χ0v) is 15.2. The Hall–Kier alpha value is -2.64. The number of hydrogen-bond acceptors (Lipinski definition) is 5. The van der Waals surface area contributed by atoms with Gasteiger partial charge in [0, 0.05) is 30.3 Å². The van der Waals surface area contributed by atoms with Gasteiger partial charge in [0.25, 0.3) is 5.56 Å². The second-order valence-electron chi connectivity index (χ2n) is 5.65. The number of rotatable bonds is 6. The number of ether oxygens (including phenoxy) is 2. The van der Waals surface area contributed by atoms with E-state index >= 15 is 0 Å². The standard InChI is InChI=1S/C18H18ClN3O4/c1-3-26-18(24)14-9-20-22-16(14)21-15(10-25-2)13(17(22)23)8-11-4-6-12(19)7-5-11/h4-7,9,20H,3,8,10H2,1-2H3. The number of aromatic amines is 1. The van der Waals surface area contributed by atoms with E-state index in [0.717, 1.165) is 5.56 Å². The Labute approximate surface area is 154 Å². The number of hydrogen-bond donors (Lipinski definition) is 1. The Morgan fingerprint density at radius 1 is 1.31 bits per heavy atom. The summed E-state index contributed by atoms with van der Waals surface area (Å²) in [5.41, 5.74) is 2.04. The molecule has 2 aromatic heterocycles. The number of carbonyl (C=O) groups is 1. The molecule has 0 fully saturated rings. The molecule has 0 amide bonds. The number of aromatic nitrogens is 3. The Balaban J connectivity index is 2.12. The average Bonchev–Trinajstić information content (AvgIpc) is 3.04. The van der Waals surface area contributed by atoms with Crippen LogP contribution in [0.2, 0.25) is 5.02 Å². The number of esters is 1. The van der Waals surface area contributed by atoms with E-state index in [-0.39, 0.29) is 30.0 Å². The molecule has 26 heavy (non-hydrogen) atoms. The topological polar surface area (TPSA) is 85.7 Å². The van der Waals surface area contributed by atoms with Crippen molar-refractivity contribution in [2.45, 2.75) is 20.0 Å². The lowest BCUT2D eigenvalue weighted by atomic mass is 10.0. The minimum Gasteiger partial charge on any atom is -0.462 e. The van der Waals surface area contributed by atoms with Crippen LogP contribution in [0, 0.1) is 0 Å². The number of benzene rings is 1. The number of fused-ring (bicyclic) bond motifs is 1. The van der Waals surface area contributed by atoms with Gasteiger partial charge in [-0.15, -0.1) is 0 Å². The summed E-state index contributed by atoms with van der Waals surface area (Å²) in [5, 5.41) is 3.40. The molecule has 0 spiro atoms. The highest BCUT2D eigenvalue weighted by Gasteiger charge is 2.20. The average molecular weight is 376 g/mol. The van der Waals surface area contributed by atoms with Crippen LogP contribution in [0.1, 0.15) is 34.1 Å². The lowest BCUT2D eigenvalue weighted by molar-refractivity contribution is 0.0528. The quantitative estimate of drug-likeness (QED) is 0.669. The smallest absolute Gasteiger partial charge is 0.343 e. The first-order valence-corrected chi connectivity index (χ1v) is 8.45. The van der Waals surface area contributed by atoms with Gasteiger partial charge in [0.2, 0.25) is 0 Å². The lowest BCUT2D eigenvalue weighted by Crippen LogP contribution is -2.24. The van der Waals surface area contributed by atoms with Crippen LogP contribution >= 0.6 is 11.6 Å². The zero-order chi connectivity index (χ0) is 18.7. The van der Waals surface area contributed by atoms with Gasteiger partial charge in [-0.3, -0.25) is 9.89 Å². The van der Waals surface area contributed by atoms with Crippen LogP contribution < -0.4 is 5.56 Å². The largest absolute Gasteiger partial charge is 0.462 e. The summed E-state index contributed by atoms with van der Waals surface area (Å²) in [5.74, 6) is -0.535. The number of methoxy groups -OCH3 is 1. The number of nitrogens with one attached hydrogen (secondary N) is 1. The molecule has 8 heteroatoms. The molecule has 0 radical (unpaired) electrons. The molecule has 0 unspecified atom stereocenters. The van der Waals surface area contributed by atoms with Crippen molar-refractivity contribution in [1.29, 1.82) is 0 Å². The molecule has 1 aromatic carbocycles. The highest BCUT2D eigenvalue weighted by Crippen LogP contribution is 2.16. The van der Waals surface area contributed by atoms with Crippen molar-refractivity contribution in [3.8, 4) is 0 Å². The maximum atomic E-state index is 12.9. The number of nitrogens with zero attached hydrogens (tertiary/aromatic N) is 2. The van der Waals surface area contributed by atoms with E-state index in [1.54, 1.807) is 19.1 Å². The molecule has 0 bridgehead atoms. The minimum atomic E-state index is -0.535. The first kappa shape index (κ1) is 18.2. The first-order valence-electron chi connectivity index (χ1n) is 8.07. The Morgan fingerprint density at radius 2 is 2.04 bits per heavy atom. The molecule has 0 aliphatic heterocycles. The van der Waals surface area contributed by atoms with E-state index in [9.17, 15) is 9.59 Å². The van der Waals surface area contributed by atoms with Crippen LogP contribution in [0.25, 0.3) is 5.65 Å². The zero-order valence-electron chi connectivity index (χ0n) is 14.4. The van der Waals surface area contributed by atoms with Gasteiger partial charge >= 0.3 is 5.97 Å². The monoisotopic (exact) mass is 375 g/mol. The van der Waals surface area contributed by atoms with Crippen LogP contribution in [0.3, 0.4) is 0 Å². The predicted molar refractivity (Wildman–Crippen MR) is 96.7 cm³/mol. The molecule has 3 aromatic rings. The normalized spacial score (nSPS) is 11.0. The molecular formula is C18H18ClN3O4. The Bertz CT molecular complexity index is 992. The summed E-state index contributed by atoms with van der Waals surface area (Å²) >= 11 is 5.92. The van der Waals surface area contributed by atoms with Gasteiger partial charge in [-0.1, -0.05) is 23.7 Å². The predicted octanol–water partition coefficient (Wildman–Crippen LogP) is 2.59. The maximum Gasteiger partial charge on any atom is 0.343 e. The van der Waals surface area contributed by atoms with Gasteiger partial charge in [0.1, 0.15) is 5.56 Å². The molecule has 0 atom stereocenters. The van der Waals surface area contributed by atoms with Crippen LogP contribution in [0.4, 0.5) is 0 Å². The fraction of sp³-hybridized carbons (Fsp3) is 0.278. The highest BCUT2D eigenvalue weighted by molar-refractivity contribution is 6.30. The highest BCUT2D eigenvalue weighted by atomic mass is 35.5. The number of halogens is 1. The molecule has 0 aliphatic rings. The van der Waals surface area contributed by atoms with Crippen molar-refractivity contribution in [2.75, 3.05) is 13.7 Å². The fourth-order valence-corrected chi connectivity index (χ4v) is 2.82. The maximum absolute atomic E-state index is 12.9. The summed E-state index contributed by atoms with van der Waals surface area (Å²) in [7, 11) is 1.53. The van der Waals surface area contributed by atoms with Crippen LogP contribution in [-0.2, 0) is 22.5 Å². The van der Waals surface area contributed by atoms with E-state index in [2.05, 4.69) is 10.1 Å². The van der Waals surface area contributed by atoms with Crippen molar-refractivity contribution < 1.29 is 14.3 Å². The molecule has 2 heterocycles. The molecule has 0 aliphatic carbocycles. The van der Waals surface area contributed by atoms with Crippen molar-refractivity contribution in [2.24, 2.45) is 0 Å². The summed E-state index contributed by atoms with van der Waals surface area (Å²) in [4.78, 5) is 29.5. The Kier molecular flexibility index (Phi) is 5.39. The van der Waals surface area contributed by atoms with E-state index < -0.39 is 5.97 Å². The summed E-state index contributed by atoms with van der Waals surface area (Å²) in [6, 6.07) is 7.24. The van der Waals surface area contributed by atoms with E-state index in [1.165, 1.54) is 17.8 Å². The molecule has 3 rings (SSSR count). The molecule has 1 N–H and O–H groups in total. The van der Waals surface area contributed by atoms with Crippen LogP contribution in [0.15, 0.2) is 35.3 Å². The first-order chi connectivity index (χ1) is 12.5. The van der Waals surface area contributed by atoms with Crippen molar-refractivity contribution in [3.63, 3.8) is 0 Å². The Morgan fingerprint density at radius 3 is 2.69 bits per heavy atom. The van der Waals surface area contributed by atoms with Crippen LogP contribution in [0.5, 0.6) is 0 Å². The third-order valence-corrected chi connectivity index (χ3v) is 4.16. The number of carbonyl (C=O) groups excluding carboxylic acids is 1. The molecule has 7 nitrogen and oxygen atoms in total. The van der Waals surface area contributed by atoms with Crippen molar-refractivity contribution in [1.82, 2.24) is 14.6 Å². The van der Waals surface area contributed by atoms with Gasteiger partial charge in [-0.25, -0.2) is 14.3 Å². The van der Waals surface area contributed by atoms with Gasteiger partial charge in [0.05, 0.1) is 18.9 Å². The second kappa shape index (κ2) is 7.72. The summed E-state index contributed by atoms with van der Waals surface area (Å²) in [6.07, 6.45) is 1.79. The van der Waals surface area contributed by atoms with Gasteiger partial charge in [0.15, 0.2) is 5.65 Å². The molecule has 0 saturated heterocycles. The van der Waals surface area contributed by atoms with Gasteiger partial charge in [-0.05, 0) is 24.6 Å². The molecule has 0 saturated carbocycles. The number of H-pyrrole nitrogens is 1. The van der Waals surface area contributed by atoms with Gasteiger partial charge < -0.3 is 9.47 Å². The summed E-state index contributed by atoms with van der Waals surface area (Å²) in [6.45, 7) is 2.11. The molecule has 136 valence electrons. The summed E-state index contributed by atoms with van der Waals surface area (Å²) < 4.78 is 11.5. The van der Waals surface area contributed by atoms with Crippen molar-refractivity contribution in [3.05, 3.63) is 68.2 Å². The van der Waals surface area contributed by atoms with Gasteiger partial charge in [-0.2, -0.15) is 0 Å². The van der Waals surface area contributed by atoms with Crippen LogP contribution in [-0.4, -0.2) is 34.3 Å².